The number of aromatic nitrogens is 3. The Balaban J connectivity index is 1.73. The second kappa shape index (κ2) is 13.1. The number of benzene rings is 1. The minimum atomic E-state index is -1.61. The number of hydrogen-bond acceptors (Lipinski definition) is 10. The Labute approximate surface area is 258 Å². The molecule has 1 aliphatic rings. The molecule has 0 unspecified atom stereocenters. The fraction of sp³-hybridized carbons (Fsp3) is 0.484. The number of hydrogen-bond donors (Lipinski definition) is 1. The summed E-state index contributed by atoms with van der Waals surface area (Å²) in [6.45, 7) is 9.51. The quantitative estimate of drug-likeness (QED) is 0.241. The third-order valence-electron chi connectivity index (χ3n) is 7.70. The molecule has 1 amide bonds. The molecule has 12 nitrogen and oxygen atoms in total. The smallest absolute Gasteiger partial charge is 0.333 e. The van der Waals surface area contributed by atoms with Crippen LogP contribution in [0.3, 0.4) is 0 Å². The Kier molecular flexibility index (Phi) is 9.39. The highest BCUT2D eigenvalue weighted by atomic mass is 32.1. The molecule has 1 aliphatic heterocycles. The van der Waals surface area contributed by atoms with E-state index in [0.717, 1.165) is 10.1 Å². The first-order valence-electron chi connectivity index (χ1n) is 14.6. The van der Waals surface area contributed by atoms with Crippen LogP contribution in [-0.4, -0.2) is 52.6 Å². The van der Waals surface area contributed by atoms with E-state index in [1.165, 1.54) is 42.2 Å². The number of carbonyl (C=O) groups excluding carboxylic acids is 1. The maximum absolute atomic E-state index is 14.5. The van der Waals surface area contributed by atoms with Crippen LogP contribution in [0.15, 0.2) is 50.7 Å². The predicted octanol–water partition coefficient (Wildman–Crippen LogP) is 4.32. The largest absolute Gasteiger partial charge is 0.496 e. The van der Waals surface area contributed by atoms with Gasteiger partial charge in [-0.05, 0) is 59.1 Å². The third kappa shape index (κ3) is 6.09. The van der Waals surface area contributed by atoms with Crippen LogP contribution in [0.5, 0.6) is 5.75 Å². The lowest BCUT2D eigenvalue weighted by Crippen LogP contribution is -2.56. The fourth-order valence-electron chi connectivity index (χ4n) is 5.30. The summed E-state index contributed by atoms with van der Waals surface area (Å²) in [7, 11) is 1.58. The number of aryl methyl sites for hydroxylation is 1. The maximum atomic E-state index is 14.5. The van der Waals surface area contributed by atoms with Crippen molar-refractivity contribution in [2.45, 2.75) is 77.9 Å². The van der Waals surface area contributed by atoms with E-state index in [0.29, 0.717) is 58.4 Å². The second-order valence-electron chi connectivity index (χ2n) is 11.4. The van der Waals surface area contributed by atoms with Gasteiger partial charge in [-0.1, -0.05) is 18.2 Å². The Bertz CT molecular complexity index is 1730. The number of thiophene rings is 1. The van der Waals surface area contributed by atoms with Crippen LogP contribution in [0.25, 0.3) is 21.0 Å². The molecule has 13 heteroatoms. The molecular formula is C31H38N4O8S. The van der Waals surface area contributed by atoms with E-state index in [2.05, 4.69) is 10.5 Å². The van der Waals surface area contributed by atoms with Crippen molar-refractivity contribution < 1.29 is 28.3 Å². The summed E-state index contributed by atoms with van der Waals surface area (Å²) in [6, 6.07) is 7.49. The summed E-state index contributed by atoms with van der Waals surface area (Å²) in [6.07, 6.45) is 3.32. The number of rotatable bonds is 11. The standard InChI is InChI=1S/C31H38N4O8S/c1-18(2)43-33-29(37)31(4,5)35-27(36)24-19(3)25(26-32-13-16-41-26)44-28(24)34(30(35)38)17-23(42-20-11-14-40-15-12-20)21-9-7-8-10-22(21)39-6/h7-10,13,16,18,20,23H,11-12,14-15,17H2,1-6H3,(H,33,37)/t23-/m0/s1. The number of amides is 1. The van der Waals surface area contributed by atoms with Crippen molar-refractivity contribution in [1.29, 1.82) is 0 Å². The first-order chi connectivity index (χ1) is 21.0. The van der Waals surface area contributed by atoms with E-state index in [1.54, 1.807) is 27.9 Å². The van der Waals surface area contributed by atoms with Crippen molar-refractivity contribution in [2.75, 3.05) is 20.3 Å². The molecular weight excluding hydrogens is 588 g/mol. The number of ether oxygens (including phenoxy) is 3. The summed E-state index contributed by atoms with van der Waals surface area (Å²) in [5.74, 6) is 0.295. The average molecular weight is 627 g/mol. The van der Waals surface area contributed by atoms with Gasteiger partial charge in [-0.15, -0.1) is 11.3 Å². The second-order valence-corrected chi connectivity index (χ2v) is 12.4. The molecule has 1 atom stereocenters. The van der Waals surface area contributed by atoms with Gasteiger partial charge in [-0.25, -0.2) is 19.8 Å². The van der Waals surface area contributed by atoms with E-state index >= 15 is 0 Å². The predicted molar refractivity (Wildman–Crippen MR) is 165 cm³/mol. The Morgan fingerprint density at radius 1 is 1.20 bits per heavy atom. The van der Waals surface area contributed by atoms with Crippen LogP contribution in [0, 0.1) is 6.92 Å². The molecule has 5 rings (SSSR count). The lowest BCUT2D eigenvalue weighted by atomic mass is 10.0. The zero-order chi connectivity index (χ0) is 31.6. The maximum Gasteiger partial charge on any atom is 0.333 e. The Morgan fingerprint density at radius 2 is 1.93 bits per heavy atom. The number of methoxy groups -OCH3 is 1. The van der Waals surface area contributed by atoms with Crippen molar-refractivity contribution in [2.24, 2.45) is 0 Å². The van der Waals surface area contributed by atoms with Crippen molar-refractivity contribution in [3.63, 3.8) is 0 Å². The number of carbonyl (C=O) groups is 1. The summed E-state index contributed by atoms with van der Waals surface area (Å²) in [5, 5.41) is 0.290. The van der Waals surface area contributed by atoms with Gasteiger partial charge >= 0.3 is 5.69 Å². The monoisotopic (exact) mass is 626 g/mol. The SMILES string of the molecule is COc1ccccc1[C@H](Cn1c(=O)n(C(C)(C)C(=O)NOC(C)C)c(=O)c2c(C)c(-c3ncco3)sc21)OC1CCOCC1. The topological polar surface area (TPSA) is 136 Å². The zero-order valence-corrected chi connectivity index (χ0v) is 26.6. The molecule has 0 aliphatic carbocycles. The molecule has 0 bridgehead atoms. The number of oxazole rings is 1. The van der Waals surface area contributed by atoms with E-state index < -0.39 is 28.8 Å². The van der Waals surface area contributed by atoms with Crippen LogP contribution in [0.4, 0.5) is 0 Å². The molecule has 4 heterocycles. The van der Waals surface area contributed by atoms with Crippen LogP contribution < -0.4 is 21.5 Å². The van der Waals surface area contributed by atoms with Crippen LogP contribution in [-0.2, 0) is 31.2 Å². The number of para-hydroxylation sites is 1. The summed E-state index contributed by atoms with van der Waals surface area (Å²) < 4.78 is 26.0. The van der Waals surface area contributed by atoms with E-state index in [9.17, 15) is 14.4 Å². The highest BCUT2D eigenvalue weighted by Gasteiger charge is 2.37. The van der Waals surface area contributed by atoms with Gasteiger partial charge < -0.3 is 18.6 Å². The molecule has 0 spiro atoms. The summed E-state index contributed by atoms with van der Waals surface area (Å²) in [5.41, 5.74) is 0.865. The molecule has 0 radical (unpaired) electrons. The summed E-state index contributed by atoms with van der Waals surface area (Å²) >= 11 is 1.23. The highest BCUT2D eigenvalue weighted by Crippen LogP contribution is 2.37. The van der Waals surface area contributed by atoms with E-state index in [1.807, 2.05) is 24.3 Å². The van der Waals surface area contributed by atoms with Crippen LogP contribution >= 0.6 is 11.3 Å². The van der Waals surface area contributed by atoms with Gasteiger partial charge in [0.05, 0.1) is 42.3 Å². The van der Waals surface area contributed by atoms with Crippen molar-refractivity contribution in [3.8, 4) is 16.5 Å². The highest BCUT2D eigenvalue weighted by molar-refractivity contribution is 7.22. The number of nitrogens with one attached hydrogen (secondary N) is 1. The van der Waals surface area contributed by atoms with E-state index in [4.69, 9.17) is 23.5 Å². The van der Waals surface area contributed by atoms with Gasteiger partial charge in [-0.2, -0.15) is 0 Å². The molecule has 1 N–H and O–H groups in total. The van der Waals surface area contributed by atoms with Gasteiger partial charge in [0.1, 0.15) is 28.5 Å². The number of fused-ring (bicyclic) bond motifs is 1. The zero-order valence-electron chi connectivity index (χ0n) is 25.7. The van der Waals surface area contributed by atoms with Gasteiger partial charge in [0.2, 0.25) is 5.89 Å². The lowest BCUT2D eigenvalue weighted by molar-refractivity contribution is -0.145. The van der Waals surface area contributed by atoms with Gasteiger partial charge in [0.15, 0.2) is 0 Å². The van der Waals surface area contributed by atoms with Crippen molar-refractivity contribution in [3.05, 3.63) is 68.7 Å². The van der Waals surface area contributed by atoms with Crippen molar-refractivity contribution >= 4 is 27.5 Å². The molecule has 44 heavy (non-hydrogen) atoms. The van der Waals surface area contributed by atoms with Crippen LogP contribution in [0.1, 0.15) is 57.8 Å². The van der Waals surface area contributed by atoms with Crippen LogP contribution in [0.2, 0.25) is 0 Å². The molecule has 3 aromatic heterocycles. The van der Waals surface area contributed by atoms with Gasteiger partial charge in [0.25, 0.3) is 11.5 Å². The minimum absolute atomic E-state index is 0.0402. The van der Waals surface area contributed by atoms with Crippen molar-refractivity contribution in [1.82, 2.24) is 19.6 Å². The number of hydroxylamine groups is 1. The Hall–Kier alpha value is -3.78. The van der Waals surface area contributed by atoms with Gasteiger partial charge in [-0.3, -0.25) is 19.0 Å². The van der Waals surface area contributed by atoms with Gasteiger partial charge in [0, 0.05) is 18.8 Å². The molecule has 1 saturated heterocycles. The fourth-order valence-corrected chi connectivity index (χ4v) is 6.54. The molecule has 236 valence electrons. The first-order valence-corrected chi connectivity index (χ1v) is 15.4. The number of nitrogens with zero attached hydrogens (tertiary/aromatic N) is 3. The molecule has 0 saturated carbocycles. The molecule has 1 fully saturated rings. The normalized spacial score (nSPS) is 15.2. The molecule has 4 aromatic rings. The first kappa shape index (κ1) is 31.6. The lowest BCUT2D eigenvalue weighted by Gasteiger charge is -2.30. The molecule has 1 aromatic carbocycles. The Morgan fingerprint density at radius 3 is 2.59 bits per heavy atom. The average Bonchev–Trinajstić information content (AvgIpc) is 3.66. The minimum Gasteiger partial charge on any atom is -0.496 e. The third-order valence-corrected chi connectivity index (χ3v) is 9.00. The van der Waals surface area contributed by atoms with E-state index in [-0.39, 0.29) is 18.8 Å². The summed E-state index contributed by atoms with van der Waals surface area (Å²) in [4.78, 5) is 52.7.